The molecule has 0 spiro atoms. The number of aromatic nitrogens is 3. The van der Waals surface area contributed by atoms with Gasteiger partial charge in [-0.15, -0.1) is 10.2 Å². The van der Waals surface area contributed by atoms with Crippen LogP contribution in [0.3, 0.4) is 0 Å². The largest absolute Gasteiger partial charge is 0.341 e. The zero-order valence-corrected chi connectivity index (χ0v) is 16.5. The summed E-state index contributed by atoms with van der Waals surface area (Å²) in [6, 6.07) is 13.8. The number of carbonyl (C=O) groups is 1. The fraction of sp³-hybridized carbons (Fsp3) is 0.286. The number of thioether (sulfide) groups is 1. The molecule has 0 amide bonds. The van der Waals surface area contributed by atoms with Gasteiger partial charge in [0.1, 0.15) is 5.82 Å². The summed E-state index contributed by atoms with van der Waals surface area (Å²) in [7, 11) is 0. The molecule has 3 aromatic rings. The van der Waals surface area contributed by atoms with E-state index in [1.165, 1.54) is 41.6 Å². The maximum atomic E-state index is 13.1. The highest BCUT2D eigenvalue weighted by Gasteiger charge is 2.23. The molecule has 1 saturated heterocycles. The molecular formula is C21H21FN4OS. The molecule has 0 unspecified atom stereocenters. The second kappa shape index (κ2) is 8.14. The summed E-state index contributed by atoms with van der Waals surface area (Å²) in [6.45, 7) is 3.97. The van der Waals surface area contributed by atoms with Crippen molar-refractivity contribution in [2.45, 2.75) is 24.9 Å². The van der Waals surface area contributed by atoms with Crippen LogP contribution in [0.5, 0.6) is 0 Å². The van der Waals surface area contributed by atoms with E-state index < -0.39 is 0 Å². The van der Waals surface area contributed by atoms with Crippen molar-refractivity contribution in [3.63, 3.8) is 0 Å². The molecule has 0 N–H and O–H groups in total. The third-order valence-corrected chi connectivity index (χ3v) is 5.72. The van der Waals surface area contributed by atoms with Crippen LogP contribution in [-0.2, 0) is 0 Å². The van der Waals surface area contributed by atoms with Crippen LogP contribution >= 0.6 is 11.8 Å². The van der Waals surface area contributed by atoms with Crippen molar-refractivity contribution >= 4 is 23.5 Å². The highest BCUT2D eigenvalue weighted by Crippen LogP contribution is 2.29. The SMILES string of the molecule is Cc1ccc(-n2c(SCC(=O)c3ccc(F)cc3)nnc2N2CCCC2)cc1. The summed E-state index contributed by atoms with van der Waals surface area (Å²) in [4.78, 5) is 14.7. The summed E-state index contributed by atoms with van der Waals surface area (Å²) in [5, 5.41) is 9.46. The van der Waals surface area contributed by atoms with Gasteiger partial charge in [0.2, 0.25) is 5.95 Å². The lowest BCUT2D eigenvalue weighted by molar-refractivity contribution is 0.102. The molecule has 7 heteroatoms. The van der Waals surface area contributed by atoms with E-state index in [0.29, 0.717) is 10.7 Å². The van der Waals surface area contributed by atoms with E-state index in [4.69, 9.17) is 0 Å². The van der Waals surface area contributed by atoms with Crippen molar-refractivity contribution < 1.29 is 9.18 Å². The fourth-order valence-corrected chi connectivity index (χ4v) is 4.09. The molecule has 4 rings (SSSR count). The monoisotopic (exact) mass is 396 g/mol. The number of anilines is 1. The molecule has 0 saturated carbocycles. The number of rotatable bonds is 6. The average Bonchev–Trinajstić information content (AvgIpc) is 3.37. The maximum Gasteiger partial charge on any atom is 0.232 e. The fourth-order valence-electron chi connectivity index (χ4n) is 3.25. The van der Waals surface area contributed by atoms with Crippen LogP contribution in [0.1, 0.15) is 28.8 Å². The van der Waals surface area contributed by atoms with Crippen LogP contribution in [0.4, 0.5) is 10.3 Å². The van der Waals surface area contributed by atoms with Crippen LogP contribution in [0.2, 0.25) is 0 Å². The van der Waals surface area contributed by atoms with Crippen molar-refractivity contribution in [2.75, 3.05) is 23.7 Å². The Kier molecular flexibility index (Phi) is 5.43. The Morgan fingerprint density at radius 2 is 1.71 bits per heavy atom. The van der Waals surface area contributed by atoms with E-state index in [2.05, 4.69) is 27.2 Å². The summed E-state index contributed by atoms with van der Waals surface area (Å²) in [6.07, 6.45) is 2.29. The Morgan fingerprint density at radius 1 is 1.04 bits per heavy atom. The topological polar surface area (TPSA) is 51.0 Å². The van der Waals surface area contributed by atoms with Gasteiger partial charge in [-0.3, -0.25) is 9.36 Å². The smallest absolute Gasteiger partial charge is 0.232 e. The van der Waals surface area contributed by atoms with E-state index in [9.17, 15) is 9.18 Å². The molecule has 144 valence electrons. The molecular weight excluding hydrogens is 375 g/mol. The molecule has 0 aliphatic carbocycles. The molecule has 0 atom stereocenters. The minimum Gasteiger partial charge on any atom is -0.341 e. The van der Waals surface area contributed by atoms with Crippen LogP contribution < -0.4 is 4.90 Å². The third-order valence-electron chi connectivity index (χ3n) is 4.80. The molecule has 1 aromatic heterocycles. The quantitative estimate of drug-likeness (QED) is 0.460. The lowest BCUT2D eigenvalue weighted by Gasteiger charge is -2.18. The van der Waals surface area contributed by atoms with Crippen molar-refractivity contribution in [1.82, 2.24) is 14.8 Å². The lowest BCUT2D eigenvalue weighted by Crippen LogP contribution is -2.22. The average molecular weight is 396 g/mol. The second-order valence-corrected chi connectivity index (χ2v) is 7.81. The van der Waals surface area contributed by atoms with E-state index >= 15 is 0 Å². The highest BCUT2D eigenvalue weighted by atomic mass is 32.2. The Balaban J connectivity index is 1.60. The van der Waals surface area contributed by atoms with Crippen LogP contribution in [0.15, 0.2) is 53.7 Å². The van der Waals surface area contributed by atoms with Gasteiger partial charge in [0, 0.05) is 18.7 Å². The third kappa shape index (κ3) is 3.94. The standard InChI is InChI=1S/C21H21FN4OS/c1-15-4-10-18(11-5-15)26-20(25-12-2-3-13-25)23-24-21(26)28-14-19(27)16-6-8-17(22)9-7-16/h4-11H,2-3,12-14H2,1H3. The molecule has 1 fully saturated rings. The van der Waals surface area contributed by atoms with Crippen molar-refractivity contribution in [3.05, 3.63) is 65.5 Å². The predicted molar refractivity (Wildman–Crippen MR) is 109 cm³/mol. The summed E-state index contributed by atoms with van der Waals surface area (Å²) >= 11 is 1.35. The van der Waals surface area contributed by atoms with Gasteiger partial charge in [-0.25, -0.2) is 4.39 Å². The number of aryl methyl sites for hydroxylation is 1. The molecule has 0 radical (unpaired) electrons. The normalized spacial score (nSPS) is 13.9. The van der Waals surface area contributed by atoms with Gasteiger partial charge >= 0.3 is 0 Å². The highest BCUT2D eigenvalue weighted by molar-refractivity contribution is 7.99. The van der Waals surface area contributed by atoms with Crippen molar-refractivity contribution in [1.29, 1.82) is 0 Å². The molecule has 1 aliphatic rings. The van der Waals surface area contributed by atoms with E-state index in [1.54, 1.807) is 0 Å². The second-order valence-electron chi connectivity index (χ2n) is 6.87. The first-order chi connectivity index (χ1) is 13.6. The number of halogens is 1. The lowest BCUT2D eigenvalue weighted by atomic mass is 10.1. The van der Waals surface area contributed by atoms with Crippen LogP contribution in [0.25, 0.3) is 5.69 Å². The van der Waals surface area contributed by atoms with E-state index in [0.717, 1.165) is 37.6 Å². The number of hydrogen-bond acceptors (Lipinski definition) is 5. The molecule has 2 aromatic carbocycles. The van der Waals surface area contributed by atoms with Crippen molar-refractivity contribution in [2.24, 2.45) is 0 Å². The predicted octanol–water partition coefficient (Wildman–Crippen LogP) is 4.29. The van der Waals surface area contributed by atoms with Crippen LogP contribution in [0, 0.1) is 12.7 Å². The number of carbonyl (C=O) groups excluding carboxylic acids is 1. The minimum atomic E-state index is -0.349. The van der Waals surface area contributed by atoms with Gasteiger partial charge in [-0.1, -0.05) is 29.5 Å². The van der Waals surface area contributed by atoms with Crippen LogP contribution in [-0.4, -0.2) is 39.4 Å². The minimum absolute atomic E-state index is 0.0637. The maximum absolute atomic E-state index is 13.1. The number of Topliss-reactive ketones (excluding diaryl/α,β-unsaturated/α-hetero) is 1. The molecule has 28 heavy (non-hydrogen) atoms. The zero-order chi connectivity index (χ0) is 19.5. The van der Waals surface area contributed by atoms with Gasteiger partial charge in [0.05, 0.1) is 11.4 Å². The molecule has 1 aliphatic heterocycles. The van der Waals surface area contributed by atoms with Gasteiger partial charge in [-0.05, 0) is 56.2 Å². The van der Waals surface area contributed by atoms with Gasteiger partial charge in [-0.2, -0.15) is 0 Å². The Bertz CT molecular complexity index is 963. The van der Waals surface area contributed by atoms with E-state index in [-0.39, 0.29) is 17.4 Å². The van der Waals surface area contributed by atoms with Gasteiger partial charge in [0.25, 0.3) is 0 Å². The molecule has 2 heterocycles. The van der Waals surface area contributed by atoms with Gasteiger partial charge in [0.15, 0.2) is 10.9 Å². The molecule has 0 bridgehead atoms. The Hall–Kier alpha value is -2.67. The number of nitrogens with zero attached hydrogens (tertiary/aromatic N) is 4. The number of hydrogen-bond donors (Lipinski definition) is 0. The first-order valence-electron chi connectivity index (χ1n) is 9.31. The summed E-state index contributed by atoms with van der Waals surface area (Å²) < 4.78 is 15.1. The summed E-state index contributed by atoms with van der Waals surface area (Å²) in [5.41, 5.74) is 2.66. The molecule has 5 nitrogen and oxygen atoms in total. The summed E-state index contributed by atoms with van der Waals surface area (Å²) in [5.74, 6) is 0.623. The van der Waals surface area contributed by atoms with Crippen molar-refractivity contribution in [3.8, 4) is 5.69 Å². The number of ketones is 1. The zero-order valence-electron chi connectivity index (χ0n) is 15.6. The Morgan fingerprint density at radius 3 is 2.39 bits per heavy atom. The first kappa shape index (κ1) is 18.7. The van der Waals surface area contributed by atoms with E-state index in [1.807, 2.05) is 23.6 Å². The first-order valence-corrected chi connectivity index (χ1v) is 10.3. The Labute approximate surface area is 167 Å². The van der Waals surface area contributed by atoms with Gasteiger partial charge < -0.3 is 4.90 Å². The number of benzene rings is 2.